The van der Waals surface area contributed by atoms with Crippen molar-refractivity contribution in [3.8, 4) is 0 Å². The van der Waals surface area contributed by atoms with Gasteiger partial charge < -0.3 is 9.36 Å². The van der Waals surface area contributed by atoms with Gasteiger partial charge in [0.05, 0.1) is 11.1 Å². The first-order valence-corrected chi connectivity index (χ1v) is 7.32. The van der Waals surface area contributed by atoms with Gasteiger partial charge in [-0.2, -0.15) is 0 Å². The molecular formula is C16H12N2O5. The molecule has 0 atom stereocenters. The summed E-state index contributed by atoms with van der Waals surface area (Å²) < 4.78 is 5.13. The standard InChI is InChI=1S/C16H12N2O5/c19-14-10-6-1-2-7-11(10)15(20)18(14)23-16(21)12-8-13(22-17-12)9-4-3-5-9/h1-2,6-9H,3-5H2. The van der Waals surface area contributed by atoms with E-state index >= 15 is 0 Å². The van der Waals surface area contributed by atoms with Gasteiger partial charge in [0, 0.05) is 12.0 Å². The summed E-state index contributed by atoms with van der Waals surface area (Å²) in [6.07, 6.45) is 3.13. The molecule has 116 valence electrons. The fourth-order valence-corrected chi connectivity index (χ4v) is 2.65. The van der Waals surface area contributed by atoms with E-state index in [0.717, 1.165) is 19.3 Å². The molecule has 0 saturated heterocycles. The molecule has 0 spiro atoms. The maximum absolute atomic E-state index is 12.1. The zero-order chi connectivity index (χ0) is 16.0. The van der Waals surface area contributed by atoms with Gasteiger partial charge in [0.2, 0.25) is 0 Å². The lowest BCUT2D eigenvalue weighted by Gasteiger charge is -2.21. The van der Waals surface area contributed by atoms with E-state index in [-0.39, 0.29) is 22.7 Å². The van der Waals surface area contributed by atoms with E-state index in [9.17, 15) is 14.4 Å². The Hall–Kier alpha value is -2.96. The third-order valence-corrected chi connectivity index (χ3v) is 4.18. The van der Waals surface area contributed by atoms with Crippen LogP contribution in [0.4, 0.5) is 0 Å². The largest absolute Gasteiger partial charge is 0.385 e. The van der Waals surface area contributed by atoms with Crippen LogP contribution in [0.25, 0.3) is 0 Å². The Balaban J connectivity index is 1.52. The zero-order valence-corrected chi connectivity index (χ0v) is 12.0. The second-order valence-electron chi connectivity index (χ2n) is 5.57. The van der Waals surface area contributed by atoms with E-state index in [4.69, 9.17) is 9.36 Å². The summed E-state index contributed by atoms with van der Waals surface area (Å²) in [7, 11) is 0. The smallest absolute Gasteiger partial charge is 0.360 e. The van der Waals surface area contributed by atoms with E-state index in [1.165, 1.54) is 18.2 Å². The summed E-state index contributed by atoms with van der Waals surface area (Å²) >= 11 is 0. The molecule has 0 bridgehead atoms. The van der Waals surface area contributed by atoms with Crippen molar-refractivity contribution < 1.29 is 23.7 Å². The molecule has 1 aliphatic heterocycles. The Bertz CT molecular complexity index is 786. The number of nitrogens with zero attached hydrogens (tertiary/aromatic N) is 2. The summed E-state index contributed by atoms with van der Waals surface area (Å²) in [6.45, 7) is 0. The minimum Gasteiger partial charge on any atom is -0.360 e. The molecule has 0 N–H and O–H groups in total. The van der Waals surface area contributed by atoms with Crippen LogP contribution >= 0.6 is 0 Å². The first-order valence-electron chi connectivity index (χ1n) is 7.32. The van der Waals surface area contributed by atoms with Crippen molar-refractivity contribution in [3.63, 3.8) is 0 Å². The van der Waals surface area contributed by atoms with Gasteiger partial charge in [-0.05, 0) is 25.0 Å². The second kappa shape index (κ2) is 5.05. The molecule has 23 heavy (non-hydrogen) atoms. The molecule has 0 radical (unpaired) electrons. The Morgan fingerprint density at radius 3 is 2.39 bits per heavy atom. The molecule has 1 saturated carbocycles. The van der Waals surface area contributed by atoms with Crippen LogP contribution in [0.1, 0.15) is 62.1 Å². The summed E-state index contributed by atoms with van der Waals surface area (Å²) in [4.78, 5) is 41.3. The number of hydrogen-bond acceptors (Lipinski definition) is 6. The van der Waals surface area contributed by atoms with Crippen molar-refractivity contribution in [1.82, 2.24) is 10.2 Å². The number of aromatic nitrogens is 1. The van der Waals surface area contributed by atoms with E-state index < -0.39 is 17.8 Å². The average molecular weight is 312 g/mol. The van der Waals surface area contributed by atoms with Crippen LogP contribution in [0.3, 0.4) is 0 Å². The van der Waals surface area contributed by atoms with E-state index in [2.05, 4.69) is 5.16 Å². The Morgan fingerprint density at radius 1 is 1.17 bits per heavy atom. The van der Waals surface area contributed by atoms with Gasteiger partial charge in [-0.15, -0.1) is 0 Å². The summed E-state index contributed by atoms with van der Waals surface area (Å²) in [6, 6.07) is 7.79. The van der Waals surface area contributed by atoms with Crippen LogP contribution < -0.4 is 0 Å². The van der Waals surface area contributed by atoms with Crippen LogP contribution in [0.5, 0.6) is 0 Å². The van der Waals surface area contributed by atoms with Gasteiger partial charge in [0.25, 0.3) is 11.8 Å². The maximum Gasteiger partial charge on any atom is 0.385 e. The van der Waals surface area contributed by atoms with Crippen LogP contribution in [-0.2, 0) is 4.84 Å². The maximum atomic E-state index is 12.1. The topological polar surface area (TPSA) is 89.7 Å². The molecule has 1 aromatic heterocycles. The molecule has 2 heterocycles. The predicted molar refractivity (Wildman–Crippen MR) is 75.5 cm³/mol. The van der Waals surface area contributed by atoms with Crippen LogP contribution in [-0.4, -0.2) is 28.0 Å². The van der Waals surface area contributed by atoms with E-state index in [1.54, 1.807) is 12.1 Å². The second-order valence-corrected chi connectivity index (χ2v) is 5.57. The normalized spacial score (nSPS) is 17.1. The third kappa shape index (κ3) is 2.12. The molecule has 2 amide bonds. The van der Waals surface area contributed by atoms with Crippen molar-refractivity contribution in [3.05, 3.63) is 52.9 Å². The van der Waals surface area contributed by atoms with Gasteiger partial charge in [-0.3, -0.25) is 9.59 Å². The lowest BCUT2D eigenvalue weighted by molar-refractivity contribution is -0.0590. The Labute approximate surface area is 130 Å². The van der Waals surface area contributed by atoms with Crippen molar-refractivity contribution in [2.45, 2.75) is 25.2 Å². The van der Waals surface area contributed by atoms with Gasteiger partial charge in [-0.25, -0.2) is 4.79 Å². The minimum atomic E-state index is -0.895. The third-order valence-electron chi connectivity index (χ3n) is 4.18. The van der Waals surface area contributed by atoms with Crippen molar-refractivity contribution >= 4 is 17.8 Å². The van der Waals surface area contributed by atoms with Crippen LogP contribution in [0.2, 0.25) is 0 Å². The highest BCUT2D eigenvalue weighted by Gasteiger charge is 2.39. The highest BCUT2D eigenvalue weighted by molar-refractivity contribution is 6.21. The molecule has 1 aromatic carbocycles. The number of carbonyl (C=O) groups is 3. The molecule has 0 unspecified atom stereocenters. The van der Waals surface area contributed by atoms with Crippen LogP contribution in [0.15, 0.2) is 34.9 Å². The van der Waals surface area contributed by atoms with Crippen molar-refractivity contribution in [2.24, 2.45) is 0 Å². The number of fused-ring (bicyclic) bond motifs is 1. The van der Waals surface area contributed by atoms with E-state index in [0.29, 0.717) is 10.8 Å². The molecule has 4 rings (SSSR count). The molecule has 2 aromatic rings. The molecule has 1 aliphatic carbocycles. The molecule has 2 aliphatic rings. The summed E-state index contributed by atoms with van der Waals surface area (Å²) in [5, 5.41) is 4.12. The zero-order valence-electron chi connectivity index (χ0n) is 12.0. The van der Waals surface area contributed by atoms with Gasteiger partial charge in [0.15, 0.2) is 5.69 Å². The molecule has 1 fully saturated rings. The molecular weight excluding hydrogens is 300 g/mol. The lowest BCUT2D eigenvalue weighted by Crippen LogP contribution is -2.32. The highest BCUT2D eigenvalue weighted by Crippen LogP contribution is 2.36. The van der Waals surface area contributed by atoms with Gasteiger partial charge in [-0.1, -0.05) is 28.8 Å². The Kier molecular flexibility index (Phi) is 3.00. The van der Waals surface area contributed by atoms with E-state index in [1.807, 2.05) is 0 Å². The monoisotopic (exact) mass is 312 g/mol. The SMILES string of the molecule is O=C(ON1C(=O)c2ccccc2C1=O)c1cc(C2CCC2)on1. The Morgan fingerprint density at radius 2 is 1.83 bits per heavy atom. The quantitative estimate of drug-likeness (QED) is 0.808. The fourth-order valence-electron chi connectivity index (χ4n) is 2.65. The number of amides is 2. The number of hydroxylamine groups is 2. The number of benzene rings is 1. The first kappa shape index (κ1) is 13.7. The molecule has 7 nitrogen and oxygen atoms in total. The molecule has 7 heteroatoms. The van der Waals surface area contributed by atoms with Gasteiger partial charge >= 0.3 is 5.97 Å². The number of carbonyl (C=O) groups excluding carboxylic acids is 3. The summed E-state index contributed by atoms with van der Waals surface area (Å²) in [5.41, 5.74) is 0.365. The van der Waals surface area contributed by atoms with Crippen molar-refractivity contribution in [1.29, 1.82) is 0 Å². The summed E-state index contributed by atoms with van der Waals surface area (Å²) in [5.74, 6) is -1.31. The first-order chi connectivity index (χ1) is 11.1. The highest BCUT2D eigenvalue weighted by atomic mass is 16.7. The van der Waals surface area contributed by atoms with Crippen molar-refractivity contribution in [2.75, 3.05) is 0 Å². The van der Waals surface area contributed by atoms with Crippen LogP contribution in [0, 0.1) is 0 Å². The average Bonchev–Trinajstić information content (AvgIpc) is 3.06. The fraction of sp³-hybridized carbons (Fsp3) is 0.250. The number of imide groups is 1. The number of rotatable bonds is 3. The number of hydrogen-bond donors (Lipinski definition) is 0. The minimum absolute atomic E-state index is 0.0524. The predicted octanol–water partition coefficient (Wildman–Crippen LogP) is 2.31. The van der Waals surface area contributed by atoms with Gasteiger partial charge in [0.1, 0.15) is 5.76 Å². The lowest BCUT2D eigenvalue weighted by atomic mass is 9.83.